The first-order chi connectivity index (χ1) is 16.5. The van der Waals surface area contributed by atoms with Crippen molar-refractivity contribution in [3.63, 3.8) is 0 Å². The van der Waals surface area contributed by atoms with Crippen molar-refractivity contribution >= 4 is 51.6 Å². The van der Waals surface area contributed by atoms with Crippen LogP contribution in [0.3, 0.4) is 0 Å². The van der Waals surface area contributed by atoms with E-state index in [1.807, 2.05) is 25.1 Å². The fourth-order valence-electron chi connectivity index (χ4n) is 3.87. The average molecular weight is 499 g/mol. The zero-order chi connectivity index (χ0) is 24.1. The second kappa shape index (κ2) is 10.9. The number of amides is 2. The Morgan fingerprint density at radius 2 is 1.91 bits per heavy atom. The molecule has 1 aliphatic rings. The smallest absolute Gasteiger partial charge is 0.341 e. The van der Waals surface area contributed by atoms with E-state index in [1.54, 1.807) is 18.2 Å². The van der Waals surface area contributed by atoms with Gasteiger partial charge >= 0.3 is 5.97 Å². The van der Waals surface area contributed by atoms with Gasteiger partial charge in [0, 0.05) is 15.5 Å². The average Bonchev–Trinajstić information content (AvgIpc) is 3.42. The van der Waals surface area contributed by atoms with Crippen LogP contribution in [-0.2, 0) is 22.4 Å². The number of carbonyl (C=O) groups excluding carboxylic acids is 3. The number of esters is 1. The first-order valence-corrected chi connectivity index (χ1v) is 12.8. The van der Waals surface area contributed by atoms with Gasteiger partial charge in [0.25, 0.3) is 5.91 Å². The highest BCUT2D eigenvalue weighted by molar-refractivity contribution is 8.00. The van der Waals surface area contributed by atoms with Crippen molar-refractivity contribution in [3.05, 3.63) is 64.4 Å². The molecule has 0 spiro atoms. The van der Waals surface area contributed by atoms with Crippen molar-refractivity contribution in [2.45, 2.75) is 49.2 Å². The number of hydrogen-bond acceptors (Lipinski definition) is 7. The third-order valence-corrected chi connectivity index (χ3v) is 7.87. The lowest BCUT2D eigenvalue weighted by Gasteiger charge is -2.13. The number of thiophene rings is 1. The highest BCUT2D eigenvalue weighted by Crippen LogP contribution is 2.38. The predicted octanol–water partition coefficient (Wildman–Crippen LogP) is 5.77. The summed E-state index contributed by atoms with van der Waals surface area (Å²) in [7, 11) is 1.37. The van der Waals surface area contributed by atoms with Gasteiger partial charge in [0.05, 0.1) is 24.2 Å². The molecular weight excluding hydrogens is 472 g/mol. The Bertz CT molecular complexity index is 1190. The zero-order valence-electron chi connectivity index (χ0n) is 19.0. The molecule has 7 nitrogen and oxygen atoms in total. The van der Waals surface area contributed by atoms with Gasteiger partial charge in [0.15, 0.2) is 5.76 Å². The first-order valence-electron chi connectivity index (χ1n) is 11.1. The molecule has 34 heavy (non-hydrogen) atoms. The third-order valence-electron chi connectivity index (χ3n) is 5.57. The second-order valence-electron chi connectivity index (χ2n) is 7.97. The van der Waals surface area contributed by atoms with Gasteiger partial charge in [-0.25, -0.2) is 4.79 Å². The first kappa shape index (κ1) is 24.1. The Balaban J connectivity index is 1.45. The molecule has 0 aliphatic heterocycles. The molecule has 0 saturated carbocycles. The van der Waals surface area contributed by atoms with Gasteiger partial charge in [-0.15, -0.1) is 23.1 Å². The molecule has 0 radical (unpaired) electrons. The number of furan rings is 1. The second-order valence-corrected chi connectivity index (χ2v) is 10.5. The molecule has 3 aromatic rings. The van der Waals surface area contributed by atoms with Gasteiger partial charge in [-0.3, -0.25) is 9.59 Å². The lowest BCUT2D eigenvalue weighted by atomic mass is 10.1. The summed E-state index contributed by atoms with van der Waals surface area (Å²) in [4.78, 5) is 39.8. The Morgan fingerprint density at radius 3 is 2.68 bits per heavy atom. The van der Waals surface area contributed by atoms with Gasteiger partial charge < -0.3 is 19.8 Å². The molecule has 0 bridgehead atoms. The van der Waals surface area contributed by atoms with E-state index in [1.165, 1.54) is 36.5 Å². The number of thioether (sulfide) groups is 1. The summed E-state index contributed by atoms with van der Waals surface area (Å²) >= 11 is 2.85. The van der Waals surface area contributed by atoms with Crippen molar-refractivity contribution in [1.29, 1.82) is 0 Å². The van der Waals surface area contributed by atoms with Crippen molar-refractivity contribution < 1.29 is 23.5 Å². The Kier molecular flexibility index (Phi) is 7.74. The lowest BCUT2D eigenvalue weighted by molar-refractivity contribution is -0.115. The summed E-state index contributed by atoms with van der Waals surface area (Å²) in [6.07, 6.45) is 6.44. The van der Waals surface area contributed by atoms with Gasteiger partial charge in [-0.1, -0.05) is 12.5 Å². The Morgan fingerprint density at radius 1 is 1.09 bits per heavy atom. The maximum Gasteiger partial charge on any atom is 0.341 e. The van der Waals surface area contributed by atoms with Gasteiger partial charge in [0.2, 0.25) is 5.91 Å². The molecule has 0 saturated heterocycles. The fourth-order valence-corrected chi connectivity index (χ4v) is 6.07. The quantitative estimate of drug-likeness (QED) is 0.244. The maximum absolute atomic E-state index is 13.0. The van der Waals surface area contributed by atoms with Gasteiger partial charge in [-0.2, -0.15) is 0 Å². The van der Waals surface area contributed by atoms with Crippen LogP contribution >= 0.6 is 23.1 Å². The number of fused-ring (bicyclic) bond motifs is 1. The number of carbonyl (C=O) groups is 3. The van der Waals surface area contributed by atoms with E-state index in [9.17, 15) is 14.4 Å². The van der Waals surface area contributed by atoms with Gasteiger partial charge in [0.1, 0.15) is 5.00 Å². The zero-order valence-corrected chi connectivity index (χ0v) is 20.6. The number of nitrogens with one attached hydrogen (secondary N) is 2. The van der Waals surface area contributed by atoms with Crippen LogP contribution in [0, 0.1) is 0 Å². The maximum atomic E-state index is 13.0. The molecule has 2 amide bonds. The number of benzene rings is 1. The molecule has 1 unspecified atom stereocenters. The van der Waals surface area contributed by atoms with Crippen LogP contribution in [0.4, 0.5) is 10.7 Å². The van der Waals surface area contributed by atoms with E-state index in [4.69, 9.17) is 9.15 Å². The fraction of sp³-hybridized carbons (Fsp3) is 0.320. The largest absolute Gasteiger partial charge is 0.465 e. The van der Waals surface area contributed by atoms with Crippen LogP contribution in [0.5, 0.6) is 0 Å². The van der Waals surface area contributed by atoms with E-state index in [0.29, 0.717) is 16.3 Å². The SMILES string of the molecule is COC(=O)c1c(NC(=O)C(C)Sc2cccc(NC(=O)c3ccco3)c2)sc2c1CCCCC2. The van der Waals surface area contributed by atoms with Crippen LogP contribution in [0.25, 0.3) is 0 Å². The summed E-state index contributed by atoms with van der Waals surface area (Å²) < 4.78 is 10.1. The Hall–Kier alpha value is -3.04. The molecule has 1 aromatic carbocycles. The predicted molar refractivity (Wildman–Crippen MR) is 134 cm³/mol. The molecule has 1 atom stereocenters. The minimum atomic E-state index is -0.427. The summed E-state index contributed by atoms with van der Waals surface area (Å²) in [5.41, 5.74) is 2.12. The summed E-state index contributed by atoms with van der Waals surface area (Å²) in [6, 6.07) is 10.5. The summed E-state index contributed by atoms with van der Waals surface area (Å²) in [6.45, 7) is 1.81. The van der Waals surface area contributed by atoms with Crippen LogP contribution in [-0.4, -0.2) is 30.1 Å². The van der Waals surface area contributed by atoms with Crippen LogP contribution in [0.1, 0.15) is 57.5 Å². The third kappa shape index (κ3) is 5.53. The standard InChI is InChI=1S/C25H26N2O5S2/c1-15(33-17-9-6-8-16(14-17)26-23(29)19-11-7-13-32-19)22(28)27-24-21(25(30)31-2)18-10-4-3-5-12-20(18)34-24/h6-9,11,13-15H,3-5,10,12H2,1-2H3,(H,26,29)(H,27,28). The van der Waals surface area contributed by atoms with E-state index in [2.05, 4.69) is 10.6 Å². The number of aryl methyl sites for hydroxylation is 1. The molecule has 4 rings (SSSR count). The van der Waals surface area contributed by atoms with Crippen molar-refractivity contribution in [1.82, 2.24) is 0 Å². The van der Waals surface area contributed by atoms with Crippen molar-refractivity contribution in [3.8, 4) is 0 Å². The van der Waals surface area contributed by atoms with E-state index in [-0.39, 0.29) is 17.6 Å². The number of anilines is 2. The number of methoxy groups -OCH3 is 1. The summed E-state index contributed by atoms with van der Waals surface area (Å²) in [5.74, 6) is -0.723. The van der Waals surface area contributed by atoms with E-state index >= 15 is 0 Å². The van der Waals surface area contributed by atoms with Crippen molar-refractivity contribution in [2.75, 3.05) is 17.7 Å². The van der Waals surface area contributed by atoms with E-state index in [0.717, 1.165) is 47.4 Å². The van der Waals surface area contributed by atoms with Crippen molar-refractivity contribution in [2.24, 2.45) is 0 Å². The highest BCUT2D eigenvalue weighted by atomic mass is 32.2. The Labute approximate surface area is 206 Å². The molecule has 2 aromatic heterocycles. The van der Waals surface area contributed by atoms with Crippen LogP contribution < -0.4 is 10.6 Å². The minimum Gasteiger partial charge on any atom is -0.465 e. The summed E-state index contributed by atoms with van der Waals surface area (Å²) in [5, 5.41) is 5.89. The molecule has 1 aliphatic carbocycles. The number of rotatable bonds is 7. The monoisotopic (exact) mass is 498 g/mol. The number of ether oxygens (including phenoxy) is 1. The molecule has 178 valence electrons. The molecular formula is C25H26N2O5S2. The minimum absolute atomic E-state index is 0.198. The molecule has 2 heterocycles. The molecule has 2 N–H and O–H groups in total. The molecule has 9 heteroatoms. The molecule has 0 fully saturated rings. The highest BCUT2D eigenvalue weighted by Gasteiger charge is 2.27. The lowest BCUT2D eigenvalue weighted by Crippen LogP contribution is -2.23. The normalized spacial score (nSPS) is 13.9. The van der Waals surface area contributed by atoms with Gasteiger partial charge in [-0.05, 0) is 68.5 Å². The number of hydrogen-bond donors (Lipinski definition) is 2. The van der Waals surface area contributed by atoms with Crippen LogP contribution in [0.2, 0.25) is 0 Å². The van der Waals surface area contributed by atoms with E-state index < -0.39 is 11.2 Å². The topological polar surface area (TPSA) is 97.6 Å². The van der Waals surface area contributed by atoms with Crippen LogP contribution in [0.15, 0.2) is 52.0 Å².